The van der Waals surface area contributed by atoms with Crippen LogP contribution < -0.4 is 15.4 Å². The molecule has 1 aliphatic rings. The number of unbranched alkanes of at least 4 members (excludes halogenated alkanes) is 1. The first kappa shape index (κ1) is 22.1. The highest BCUT2D eigenvalue weighted by atomic mass is 16.5. The number of fused-ring (bicyclic) bond motifs is 1. The molecule has 2 rings (SSSR count). The standard InChI is InChI=1S/C23H36N2O3/c1-6-9-12-24-20(26)14-17-10-11-19-18(13-17)21(22(27)23(4,5)28-19)25-15-16(7-2)8-3/h10-11,13,16,25,27H,6-9,12,14-15H2,1-5H3,(H,24,26). The second kappa shape index (κ2) is 9.85. The number of carbonyl (C=O) groups excluding carboxylic acids is 1. The summed E-state index contributed by atoms with van der Waals surface area (Å²) in [6.07, 6.45) is 4.53. The molecule has 1 amide bonds. The van der Waals surface area contributed by atoms with Gasteiger partial charge in [-0.05, 0) is 43.9 Å². The Hall–Kier alpha value is -2.17. The Labute approximate surface area is 169 Å². The fraction of sp³-hybridized carbons (Fsp3) is 0.609. The first-order valence-corrected chi connectivity index (χ1v) is 10.6. The van der Waals surface area contributed by atoms with Gasteiger partial charge in [-0.25, -0.2) is 0 Å². The number of benzene rings is 1. The van der Waals surface area contributed by atoms with E-state index in [1.807, 2.05) is 32.0 Å². The van der Waals surface area contributed by atoms with Crippen molar-refractivity contribution in [1.29, 1.82) is 0 Å². The molecule has 5 heteroatoms. The summed E-state index contributed by atoms with van der Waals surface area (Å²) in [4.78, 5) is 12.2. The molecule has 0 aromatic heterocycles. The van der Waals surface area contributed by atoms with E-state index in [9.17, 15) is 9.90 Å². The van der Waals surface area contributed by atoms with Crippen molar-refractivity contribution in [3.63, 3.8) is 0 Å². The lowest BCUT2D eigenvalue weighted by molar-refractivity contribution is -0.120. The van der Waals surface area contributed by atoms with E-state index in [-0.39, 0.29) is 11.7 Å². The molecule has 1 heterocycles. The highest BCUT2D eigenvalue weighted by molar-refractivity contribution is 5.80. The summed E-state index contributed by atoms with van der Waals surface area (Å²) in [6, 6.07) is 5.78. The number of amides is 1. The van der Waals surface area contributed by atoms with Crippen molar-refractivity contribution >= 4 is 11.6 Å². The minimum Gasteiger partial charge on any atom is -0.506 e. The SMILES string of the molecule is CCCCNC(=O)Cc1ccc2c(c1)C(NCC(CC)CC)=C(O)C(C)(C)O2. The fourth-order valence-corrected chi connectivity index (χ4v) is 3.38. The van der Waals surface area contributed by atoms with Gasteiger partial charge in [0.25, 0.3) is 0 Å². The Morgan fingerprint density at radius 1 is 1.21 bits per heavy atom. The van der Waals surface area contributed by atoms with E-state index in [2.05, 4.69) is 31.4 Å². The number of aliphatic hydroxyl groups excluding tert-OH is 1. The lowest BCUT2D eigenvalue weighted by Crippen LogP contribution is -2.38. The van der Waals surface area contributed by atoms with Gasteiger partial charge < -0.3 is 20.5 Å². The van der Waals surface area contributed by atoms with Crippen molar-refractivity contribution in [3.05, 3.63) is 35.1 Å². The monoisotopic (exact) mass is 388 g/mol. The molecule has 1 aliphatic heterocycles. The van der Waals surface area contributed by atoms with E-state index in [4.69, 9.17) is 4.74 Å². The van der Waals surface area contributed by atoms with Crippen LogP contribution in [0.2, 0.25) is 0 Å². The van der Waals surface area contributed by atoms with E-state index in [1.54, 1.807) is 0 Å². The molecule has 1 aromatic carbocycles. The molecular formula is C23H36N2O3. The van der Waals surface area contributed by atoms with E-state index in [1.165, 1.54) is 0 Å². The molecule has 0 saturated carbocycles. The number of carbonyl (C=O) groups is 1. The number of aliphatic hydroxyl groups is 1. The van der Waals surface area contributed by atoms with E-state index in [0.29, 0.717) is 24.6 Å². The highest BCUT2D eigenvalue weighted by Crippen LogP contribution is 2.39. The Morgan fingerprint density at radius 2 is 1.93 bits per heavy atom. The maximum atomic E-state index is 12.2. The molecule has 1 aromatic rings. The molecule has 0 atom stereocenters. The van der Waals surface area contributed by atoms with Crippen LogP contribution in [0.3, 0.4) is 0 Å². The fourth-order valence-electron chi connectivity index (χ4n) is 3.38. The molecule has 5 nitrogen and oxygen atoms in total. The van der Waals surface area contributed by atoms with Crippen molar-refractivity contribution in [3.8, 4) is 5.75 Å². The van der Waals surface area contributed by atoms with Crippen molar-refractivity contribution in [2.75, 3.05) is 13.1 Å². The first-order chi connectivity index (χ1) is 13.3. The Morgan fingerprint density at radius 3 is 2.57 bits per heavy atom. The molecule has 0 fully saturated rings. The summed E-state index contributed by atoms with van der Waals surface area (Å²) in [6.45, 7) is 11.7. The van der Waals surface area contributed by atoms with Crippen LogP contribution >= 0.6 is 0 Å². The molecular weight excluding hydrogens is 352 g/mol. The summed E-state index contributed by atoms with van der Waals surface area (Å²) in [5, 5.41) is 17.2. The lowest BCUT2D eigenvalue weighted by Gasteiger charge is -2.34. The zero-order chi connectivity index (χ0) is 20.7. The van der Waals surface area contributed by atoms with Gasteiger partial charge in [0.1, 0.15) is 5.75 Å². The van der Waals surface area contributed by atoms with E-state index >= 15 is 0 Å². The van der Waals surface area contributed by atoms with Crippen LogP contribution in [-0.4, -0.2) is 29.7 Å². The van der Waals surface area contributed by atoms with E-state index in [0.717, 1.165) is 49.1 Å². The maximum absolute atomic E-state index is 12.2. The Bertz CT molecular complexity index is 706. The van der Waals surface area contributed by atoms with Crippen molar-refractivity contribution in [2.24, 2.45) is 5.92 Å². The third-order valence-corrected chi connectivity index (χ3v) is 5.42. The summed E-state index contributed by atoms with van der Waals surface area (Å²) in [5.74, 6) is 1.49. The van der Waals surface area contributed by atoms with Gasteiger partial charge in [-0.15, -0.1) is 0 Å². The molecule has 0 saturated heterocycles. The van der Waals surface area contributed by atoms with Gasteiger partial charge >= 0.3 is 0 Å². The third kappa shape index (κ3) is 5.43. The lowest BCUT2D eigenvalue weighted by atomic mass is 9.94. The van der Waals surface area contributed by atoms with Crippen LogP contribution in [0.4, 0.5) is 0 Å². The zero-order valence-corrected chi connectivity index (χ0v) is 18.0. The second-order valence-electron chi connectivity index (χ2n) is 8.11. The topological polar surface area (TPSA) is 70.6 Å². The Kier molecular flexibility index (Phi) is 7.78. The molecule has 0 aliphatic carbocycles. The van der Waals surface area contributed by atoms with Crippen LogP contribution in [0, 0.1) is 5.92 Å². The number of hydrogen-bond donors (Lipinski definition) is 3. The quantitative estimate of drug-likeness (QED) is 0.514. The first-order valence-electron chi connectivity index (χ1n) is 10.6. The molecule has 0 unspecified atom stereocenters. The van der Waals surface area contributed by atoms with Gasteiger partial charge in [0.2, 0.25) is 5.91 Å². The number of rotatable bonds is 10. The number of hydrogen-bond acceptors (Lipinski definition) is 4. The number of nitrogens with one attached hydrogen (secondary N) is 2. The highest BCUT2D eigenvalue weighted by Gasteiger charge is 2.35. The predicted octanol–water partition coefficient (Wildman–Crippen LogP) is 4.57. The van der Waals surface area contributed by atoms with E-state index < -0.39 is 5.60 Å². The van der Waals surface area contributed by atoms with Crippen molar-refractivity contribution in [1.82, 2.24) is 10.6 Å². The van der Waals surface area contributed by atoms with Crippen LogP contribution in [0.5, 0.6) is 5.75 Å². The van der Waals surface area contributed by atoms with Crippen LogP contribution in [0.1, 0.15) is 71.4 Å². The summed E-state index contributed by atoms with van der Waals surface area (Å²) in [5.41, 5.74) is 1.65. The van der Waals surface area contributed by atoms with Gasteiger partial charge in [-0.1, -0.05) is 46.1 Å². The molecule has 0 spiro atoms. The summed E-state index contributed by atoms with van der Waals surface area (Å²) >= 11 is 0. The molecule has 156 valence electrons. The van der Waals surface area contributed by atoms with Crippen LogP contribution in [0.15, 0.2) is 24.0 Å². The number of ether oxygens (including phenoxy) is 1. The van der Waals surface area contributed by atoms with Gasteiger partial charge in [0.15, 0.2) is 11.4 Å². The average molecular weight is 389 g/mol. The van der Waals surface area contributed by atoms with Crippen molar-refractivity contribution < 1.29 is 14.6 Å². The summed E-state index contributed by atoms with van der Waals surface area (Å²) in [7, 11) is 0. The van der Waals surface area contributed by atoms with Gasteiger partial charge in [-0.3, -0.25) is 4.79 Å². The minimum absolute atomic E-state index is 0.0187. The van der Waals surface area contributed by atoms with Gasteiger partial charge in [0.05, 0.1) is 12.1 Å². The van der Waals surface area contributed by atoms with Crippen LogP contribution in [0.25, 0.3) is 5.70 Å². The smallest absolute Gasteiger partial charge is 0.224 e. The van der Waals surface area contributed by atoms with Crippen LogP contribution in [-0.2, 0) is 11.2 Å². The molecule has 0 bridgehead atoms. The van der Waals surface area contributed by atoms with Crippen molar-refractivity contribution in [2.45, 2.75) is 72.3 Å². The maximum Gasteiger partial charge on any atom is 0.224 e. The second-order valence-corrected chi connectivity index (χ2v) is 8.11. The third-order valence-electron chi connectivity index (χ3n) is 5.42. The molecule has 28 heavy (non-hydrogen) atoms. The zero-order valence-electron chi connectivity index (χ0n) is 18.0. The largest absolute Gasteiger partial charge is 0.506 e. The molecule has 3 N–H and O–H groups in total. The predicted molar refractivity (Wildman–Crippen MR) is 114 cm³/mol. The van der Waals surface area contributed by atoms with Gasteiger partial charge in [0, 0.05) is 18.7 Å². The molecule has 0 radical (unpaired) electrons. The normalized spacial score (nSPS) is 15.2. The summed E-state index contributed by atoms with van der Waals surface area (Å²) < 4.78 is 6.01. The average Bonchev–Trinajstić information content (AvgIpc) is 2.65. The van der Waals surface area contributed by atoms with Gasteiger partial charge in [-0.2, -0.15) is 0 Å². The minimum atomic E-state index is -0.789. The Balaban J connectivity index is 2.24.